The Labute approximate surface area is 113 Å². The highest BCUT2D eigenvalue weighted by molar-refractivity contribution is 5.63. The van der Waals surface area contributed by atoms with Gasteiger partial charge in [-0.2, -0.15) is 0 Å². The largest absolute Gasteiger partial charge is 0.490 e. The molecule has 0 spiro atoms. The highest BCUT2D eigenvalue weighted by Crippen LogP contribution is 2.26. The van der Waals surface area contributed by atoms with Gasteiger partial charge in [0.25, 0.3) is 0 Å². The summed E-state index contributed by atoms with van der Waals surface area (Å²) in [5.41, 5.74) is 2.41. The molecule has 2 nitrogen and oxygen atoms in total. The summed E-state index contributed by atoms with van der Waals surface area (Å²) in [6.45, 7) is 0. The lowest BCUT2D eigenvalue weighted by Crippen LogP contribution is -2.13. The standard InChI is InChI=1S/C17H18O2/c18-15-8-11-17(12-15)19-16-9-6-14(7-10-16)13-4-2-1-3-5-13/h1-7,9-10,15,17-18H,8,11-12H2/t15?,17-/m0/s1. The number of aliphatic hydroxyl groups is 1. The average Bonchev–Trinajstić information content (AvgIpc) is 2.86. The van der Waals surface area contributed by atoms with Gasteiger partial charge in [0.15, 0.2) is 0 Å². The molecule has 0 saturated heterocycles. The predicted octanol–water partition coefficient (Wildman–Crippen LogP) is 3.65. The third-order valence-electron chi connectivity index (χ3n) is 3.62. The highest BCUT2D eigenvalue weighted by Gasteiger charge is 2.24. The number of aliphatic hydroxyl groups excluding tert-OH is 1. The lowest BCUT2D eigenvalue weighted by atomic mass is 10.1. The molecule has 3 rings (SSSR count). The van der Waals surface area contributed by atoms with Crippen LogP contribution in [0.5, 0.6) is 5.75 Å². The molecular formula is C17H18O2. The monoisotopic (exact) mass is 254 g/mol. The van der Waals surface area contributed by atoms with Crippen molar-refractivity contribution >= 4 is 0 Å². The zero-order valence-corrected chi connectivity index (χ0v) is 10.8. The van der Waals surface area contributed by atoms with Crippen molar-refractivity contribution in [2.75, 3.05) is 0 Å². The van der Waals surface area contributed by atoms with Gasteiger partial charge in [0.1, 0.15) is 11.9 Å². The molecule has 98 valence electrons. The molecule has 1 fully saturated rings. The van der Waals surface area contributed by atoms with Gasteiger partial charge < -0.3 is 9.84 Å². The molecule has 19 heavy (non-hydrogen) atoms. The van der Waals surface area contributed by atoms with Gasteiger partial charge in [0.05, 0.1) is 6.10 Å². The molecule has 0 aliphatic heterocycles. The van der Waals surface area contributed by atoms with E-state index in [0.29, 0.717) is 0 Å². The quantitative estimate of drug-likeness (QED) is 0.906. The zero-order valence-electron chi connectivity index (χ0n) is 10.8. The van der Waals surface area contributed by atoms with E-state index in [2.05, 4.69) is 24.3 Å². The first-order valence-electron chi connectivity index (χ1n) is 6.81. The number of hydrogen-bond donors (Lipinski definition) is 1. The Kier molecular flexibility index (Phi) is 3.51. The average molecular weight is 254 g/mol. The molecule has 2 aromatic rings. The number of benzene rings is 2. The Bertz CT molecular complexity index is 519. The second-order valence-electron chi connectivity index (χ2n) is 5.10. The number of ether oxygens (including phenoxy) is 1. The molecule has 1 aliphatic rings. The molecule has 0 bridgehead atoms. The first-order valence-corrected chi connectivity index (χ1v) is 6.81. The minimum Gasteiger partial charge on any atom is -0.490 e. The minimum atomic E-state index is -0.186. The third kappa shape index (κ3) is 2.96. The second kappa shape index (κ2) is 5.45. The van der Waals surface area contributed by atoms with Gasteiger partial charge in [0.2, 0.25) is 0 Å². The van der Waals surface area contributed by atoms with Crippen LogP contribution in [0.3, 0.4) is 0 Å². The number of hydrogen-bond acceptors (Lipinski definition) is 2. The maximum atomic E-state index is 9.49. The Morgan fingerprint density at radius 1 is 0.842 bits per heavy atom. The fourth-order valence-corrected chi connectivity index (χ4v) is 2.57. The second-order valence-corrected chi connectivity index (χ2v) is 5.10. The summed E-state index contributed by atoms with van der Waals surface area (Å²) in [6.07, 6.45) is 2.53. The van der Waals surface area contributed by atoms with Gasteiger partial charge in [-0.05, 0) is 36.1 Å². The molecule has 0 radical (unpaired) electrons. The maximum Gasteiger partial charge on any atom is 0.119 e. The Morgan fingerprint density at radius 2 is 1.53 bits per heavy atom. The van der Waals surface area contributed by atoms with Crippen molar-refractivity contribution in [3.8, 4) is 16.9 Å². The van der Waals surface area contributed by atoms with Crippen LogP contribution in [-0.2, 0) is 0 Å². The van der Waals surface area contributed by atoms with E-state index in [9.17, 15) is 5.11 Å². The molecule has 1 aliphatic carbocycles. The van der Waals surface area contributed by atoms with Crippen molar-refractivity contribution in [3.05, 3.63) is 54.6 Å². The molecule has 0 aromatic heterocycles. The van der Waals surface area contributed by atoms with Crippen LogP contribution in [0.25, 0.3) is 11.1 Å². The van der Waals surface area contributed by atoms with Gasteiger partial charge in [-0.25, -0.2) is 0 Å². The summed E-state index contributed by atoms with van der Waals surface area (Å²) in [7, 11) is 0. The highest BCUT2D eigenvalue weighted by atomic mass is 16.5. The normalized spacial score (nSPS) is 22.4. The van der Waals surface area contributed by atoms with Crippen LogP contribution >= 0.6 is 0 Å². The Balaban J connectivity index is 1.69. The van der Waals surface area contributed by atoms with Crippen LogP contribution in [-0.4, -0.2) is 17.3 Å². The minimum absolute atomic E-state index is 0.164. The topological polar surface area (TPSA) is 29.5 Å². The summed E-state index contributed by atoms with van der Waals surface area (Å²) in [5, 5.41) is 9.49. The lowest BCUT2D eigenvalue weighted by molar-refractivity contribution is 0.150. The van der Waals surface area contributed by atoms with E-state index in [-0.39, 0.29) is 12.2 Å². The maximum absolute atomic E-state index is 9.49. The fourth-order valence-electron chi connectivity index (χ4n) is 2.57. The van der Waals surface area contributed by atoms with Gasteiger partial charge >= 0.3 is 0 Å². The lowest BCUT2D eigenvalue weighted by Gasteiger charge is -2.13. The molecule has 0 heterocycles. The predicted molar refractivity (Wildman–Crippen MR) is 76.2 cm³/mol. The molecule has 0 amide bonds. The van der Waals surface area contributed by atoms with E-state index < -0.39 is 0 Å². The molecule has 1 N–H and O–H groups in total. The van der Waals surface area contributed by atoms with Gasteiger partial charge in [-0.3, -0.25) is 0 Å². The van der Waals surface area contributed by atoms with Gasteiger partial charge in [0, 0.05) is 6.42 Å². The first-order chi connectivity index (χ1) is 9.31. The fraction of sp³-hybridized carbons (Fsp3) is 0.294. The first kappa shape index (κ1) is 12.2. The zero-order chi connectivity index (χ0) is 13.1. The van der Waals surface area contributed by atoms with E-state index >= 15 is 0 Å². The van der Waals surface area contributed by atoms with Crippen molar-refractivity contribution in [2.45, 2.75) is 31.5 Å². The van der Waals surface area contributed by atoms with Gasteiger partial charge in [-0.15, -0.1) is 0 Å². The van der Waals surface area contributed by atoms with Crippen molar-refractivity contribution in [1.29, 1.82) is 0 Å². The van der Waals surface area contributed by atoms with Crippen LogP contribution in [0.1, 0.15) is 19.3 Å². The van der Waals surface area contributed by atoms with Crippen molar-refractivity contribution in [1.82, 2.24) is 0 Å². The Morgan fingerprint density at radius 3 is 2.16 bits per heavy atom. The summed E-state index contributed by atoms with van der Waals surface area (Å²) in [4.78, 5) is 0. The van der Waals surface area contributed by atoms with Crippen LogP contribution < -0.4 is 4.74 Å². The van der Waals surface area contributed by atoms with Gasteiger partial charge in [-0.1, -0.05) is 42.5 Å². The Hall–Kier alpha value is -1.80. The number of rotatable bonds is 3. The smallest absolute Gasteiger partial charge is 0.119 e. The van der Waals surface area contributed by atoms with E-state index in [1.807, 2.05) is 30.3 Å². The van der Waals surface area contributed by atoms with Crippen molar-refractivity contribution in [2.24, 2.45) is 0 Å². The van der Waals surface area contributed by atoms with E-state index in [0.717, 1.165) is 25.0 Å². The molecule has 1 saturated carbocycles. The molecule has 2 aromatic carbocycles. The van der Waals surface area contributed by atoms with Crippen LogP contribution in [0.2, 0.25) is 0 Å². The van der Waals surface area contributed by atoms with E-state index in [1.54, 1.807) is 0 Å². The van der Waals surface area contributed by atoms with E-state index in [1.165, 1.54) is 11.1 Å². The van der Waals surface area contributed by atoms with Crippen LogP contribution in [0.4, 0.5) is 0 Å². The molecule has 2 atom stereocenters. The summed E-state index contributed by atoms with van der Waals surface area (Å²) < 4.78 is 5.88. The molecule has 1 unspecified atom stereocenters. The summed E-state index contributed by atoms with van der Waals surface area (Å²) in [6, 6.07) is 18.5. The van der Waals surface area contributed by atoms with Crippen molar-refractivity contribution in [3.63, 3.8) is 0 Å². The summed E-state index contributed by atoms with van der Waals surface area (Å²) in [5.74, 6) is 0.888. The van der Waals surface area contributed by atoms with Crippen LogP contribution in [0, 0.1) is 0 Å². The third-order valence-corrected chi connectivity index (χ3v) is 3.62. The van der Waals surface area contributed by atoms with E-state index in [4.69, 9.17) is 4.74 Å². The van der Waals surface area contributed by atoms with Crippen LogP contribution in [0.15, 0.2) is 54.6 Å². The molecule has 2 heteroatoms. The summed E-state index contributed by atoms with van der Waals surface area (Å²) >= 11 is 0. The van der Waals surface area contributed by atoms with Crippen molar-refractivity contribution < 1.29 is 9.84 Å². The SMILES string of the molecule is OC1CC[C@H](Oc2ccc(-c3ccccc3)cc2)C1. The molecular weight excluding hydrogens is 236 g/mol.